The number of hydrogen-bond acceptors (Lipinski definition) is 4. The molecule has 0 saturated carbocycles. The summed E-state index contributed by atoms with van der Waals surface area (Å²) in [5.74, 6) is -0.525. The van der Waals surface area contributed by atoms with E-state index >= 15 is 0 Å². The Labute approximate surface area is 141 Å². The molecule has 130 valence electrons. The van der Waals surface area contributed by atoms with Crippen molar-refractivity contribution < 1.29 is 21.2 Å². The van der Waals surface area contributed by atoms with Gasteiger partial charge in [-0.2, -0.15) is 0 Å². The number of anilines is 2. The molecule has 0 spiro atoms. The molecule has 0 aliphatic heterocycles. The molecular weight excluding hydrogens is 355 g/mol. The summed E-state index contributed by atoms with van der Waals surface area (Å²) >= 11 is 0. The quantitative estimate of drug-likeness (QED) is 0.873. The maximum Gasteiger partial charge on any atom is 0.262 e. The first-order valence-corrected chi connectivity index (χ1v) is 10.2. The third-order valence-electron chi connectivity index (χ3n) is 3.39. The Kier molecular flexibility index (Phi) is 4.86. The monoisotopic (exact) mass is 372 g/mol. The zero-order chi connectivity index (χ0) is 18.1. The van der Waals surface area contributed by atoms with Crippen molar-refractivity contribution in [3.05, 3.63) is 53.8 Å². The Morgan fingerprint density at radius 2 is 1.71 bits per heavy atom. The van der Waals surface area contributed by atoms with Crippen LogP contribution in [0.2, 0.25) is 0 Å². The minimum Gasteiger partial charge on any atom is -0.280 e. The van der Waals surface area contributed by atoms with E-state index in [9.17, 15) is 21.2 Å². The molecule has 0 aliphatic carbocycles. The summed E-state index contributed by atoms with van der Waals surface area (Å²) in [6, 6.07) is 9.35. The molecule has 6 nitrogen and oxygen atoms in total. The maximum absolute atomic E-state index is 13.1. The molecule has 1 N–H and O–H groups in total. The van der Waals surface area contributed by atoms with E-state index in [4.69, 9.17) is 0 Å². The lowest BCUT2D eigenvalue weighted by Crippen LogP contribution is -2.25. The molecule has 0 atom stereocenters. The predicted octanol–water partition coefficient (Wildman–Crippen LogP) is 2.33. The average Bonchev–Trinajstić information content (AvgIpc) is 2.44. The summed E-state index contributed by atoms with van der Waals surface area (Å²) in [6.07, 6.45) is 1.05. The summed E-state index contributed by atoms with van der Waals surface area (Å²) in [7, 11) is -6.02. The molecule has 9 heteroatoms. The fraction of sp³-hybridized carbons (Fsp3) is 0.200. The molecule has 24 heavy (non-hydrogen) atoms. The van der Waals surface area contributed by atoms with Crippen molar-refractivity contribution in [2.24, 2.45) is 0 Å². The highest BCUT2D eigenvalue weighted by molar-refractivity contribution is 7.93. The standard InChI is InChI=1S/C15H17FN2O4S2/c1-11-9-12(16)7-8-15(11)24(21,22)17-13-5-4-6-14(10-13)18(2)23(3,19)20/h4-10,17H,1-3H3. The van der Waals surface area contributed by atoms with Crippen LogP contribution in [0.1, 0.15) is 5.56 Å². The second-order valence-corrected chi connectivity index (χ2v) is 8.96. The molecule has 0 aliphatic rings. The highest BCUT2D eigenvalue weighted by Gasteiger charge is 2.18. The first-order chi connectivity index (χ1) is 11.0. The maximum atomic E-state index is 13.1. The van der Waals surface area contributed by atoms with Crippen molar-refractivity contribution in [3.8, 4) is 0 Å². The molecule has 0 amide bonds. The Morgan fingerprint density at radius 1 is 1.04 bits per heavy atom. The Morgan fingerprint density at radius 3 is 2.29 bits per heavy atom. The lowest BCUT2D eigenvalue weighted by molar-refractivity contribution is 0.597. The van der Waals surface area contributed by atoms with E-state index in [0.29, 0.717) is 5.69 Å². The van der Waals surface area contributed by atoms with Gasteiger partial charge < -0.3 is 0 Å². The van der Waals surface area contributed by atoms with E-state index in [-0.39, 0.29) is 16.1 Å². The zero-order valence-electron chi connectivity index (χ0n) is 13.3. The molecular formula is C15H17FN2O4S2. The van der Waals surface area contributed by atoms with E-state index in [1.54, 1.807) is 6.07 Å². The predicted molar refractivity (Wildman–Crippen MR) is 91.6 cm³/mol. The number of rotatable bonds is 5. The van der Waals surface area contributed by atoms with Crippen LogP contribution in [0.3, 0.4) is 0 Å². The molecule has 0 heterocycles. The zero-order valence-corrected chi connectivity index (χ0v) is 14.9. The smallest absolute Gasteiger partial charge is 0.262 e. The van der Waals surface area contributed by atoms with Crippen LogP contribution in [0.4, 0.5) is 15.8 Å². The van der Waals surface area contributed by atoms with Crippen molar-refractivity contribution >= 4 is 31.4 Å². The Bertz CT molecular complexity index is 973. The van der Waals surface area contributed by atoms with Crippen LogP contribution in [0.15, 0.2) is 47.4 Å². The number of nitrogens with zero attached hydrogens (tertiary/aromatic N) is 1. The largest absolute Gasteiger partial charge is 0.280 e. The van der Waals surface area contributed by atoms with Crippen LogP contribution < -0.4 is 9.03 Å². The van der Waals surface area contributed by atoms with E-state index in [1.165, 1.54) is 38.2 Å². The van der Waals surface area contributed by atoms with Gasteiger partial charge in [0.1, 0.15) is 5.82 Å². The van der Waals surface area contributed by atoms with Gasteiger partial charge >= 0.3 is 0 Å². The van der Waals surface area contributed by atoms with Gasteiger partial charge in [0, 0.05) is 7.05 Å². The topological polar surface area (TPSA) is 83.6 Å². The normalized spacial score (nSPS) is 12.0. The van der Waals surface area contributed by atoms with Crippen molar-refractivity contribution in [2.45, 2.75) is 11.8 Å². The van der Waals surface area contributed by atoms with Gasteiger partial charge in [0.25, 0.3) is 10.0 Å². The van der Waals surface area contributed by atoms with Gasteiger partial charge in [-0.1, -0.05) is 6.07 Å². The summed E-state index contributed by atoms with van der Waals surface area (Å²) in [6.45, 7) is 1.49. The number of aryl methyl sites for hydroxylation is 1. The molecule has 0 saturated heterocycles. The highest BCUT2D eigenvalue weighted by atomic mass is 32.2. The number of benzene rings is 2. The van der Waals surface area contributed by atoms with Gasteiger partial charge in [0.15, 0.2) is 0 Å². The summed E-state index contributed by atoms with van der Waals surface area (Å²) in [4.78, 5) is -0.0502. The van der Waals surface area contributed by atoms with Crippen LogP contribution in [-0.4, -0.2) is 30.1 Å². The second-order valence-electron chi connectivity index (χ2n) is 5.30. The third kappa shape index (κ3) is 4.04. The fourth-order valence-corrected chi connectivity index (χ4v) is 3.85. The number of nitrogens with one attached hydrogen (secondary N) is 1. The fourth-order valence-electron chi connectivity index (χ4n) is 2.08. The number of sulfonamides is 2. The van der Waals surface area contributed by atoms with E-state index in [2.05, 4.69) is 4.72 Å². The Hall–Kier alpha value is -2.13. The number of halogens is 1. The van der Waals surface area contributed by atoms with Crippen LogP contribution in [0.25, 0.3) is 0 Å². The van der Waals surface area contributed by atoms with Crippen LogP contribution in [0.5, 0.6) is 0 Å². The SMILES string of the molecule is Cc1cc(F)ccc1S(=O)(=O)Nc1cccc(N(C)S(C)(=O)=O)c1. The van der Waals surface area contributed by atoms with Crippen molar-refractivity contribution in [1.29, 1.82) is 0 Å². The van der Waals surface area contributed by atoms with Crippen LogP contribution in [0, 0.1) is 12.7 Å². The summed E-state index contributed by atoms with van der Waals surface area (Å²) in [5, 5.41) is 0. The van der Waals surface area contributed by atoms with Gasteiger partial charge in [-0.25, -0.2) is 21.2 Å². The minimum atomic E-state index is -3.92. The second kappa shape index (κ2) is 6.40. The van der Waals surface area contributed by atoms with Gasteiger partial charge in [-0.05, 0) is 48.9 Å². The molecule has 0 fully saturated rings. The highest BCUT2D eigenvalue weighted by Crippen LogP contribution is 2.24. The van der Waals surface area contributed by atoms with Gasteiger partial charge in [0.2, 0.25) is 10.0 Å². The molecule has 2 aromatic rings. The molecule has 2 rings (SSSR count). The van der Waals surface area contributed by atoms with Gasteiger partial charge in [0.05, 0.1) is 22.5 Å². The summed E-state index contributed by atoms with van der Waals surface area (Å²) < 4.78 is 64.6. The Balaban J connectivity index is 2.37. The molecule has 0 unspecified atom stereocenters. The van der Waals surface area contributed by atoms with Gasteiger partial charge in [-0.15, -0.1) is 0 Å². The third-order valence-corrected chi connectivity index (χ3v) is 6.13. The van der Waals surface area contributed by atoms with E-state index in [0.717, 1.165) is 22.7 Å². The molecule has 0 aromatic heterocycles. The first kappa shape index (κ1) is 18.2. The van der Waals surface area contributed by atoms with E-state index < -0.39 is 25.9 Å². The molecule has 0 radical (unpaired) electrons. The van der Waals surface area contributed by atoms with Crippen LogP contribution >= 0.6 is 0 Å². The van der Waals surface area contributed by atoms with Crippen molar-refractivity contribution in [3.63, 3.8) is 0 Å². The van der Waals surface area contributed by atoms with Gasteiger partial charge in [-0.3, -0.25) is 9.03 Å². The average molecular weight is 372 g/mol. The van der Waals surface area contributed by atoms with Crippen molar-refractivity contribution in [1.82, 2.24) is 0 Å². The first-order valence-electron chi connectivity index (χ1n) is 6.83. The minimum absolute atomic E-state index is 0.0502. The molecule has 2 aromatic carbocycles. The van der Waals surface area contributed by atoms with Crippen LogP contribution in [-0.2, 0) is 20.0 Å². The number of hydrogen-bond donors (Lipinski definition) is 1. The molecule has 0 bridgehead atoms. The summed E-state index contributed by atoms with van der Waals surface area (Å²) in [5.41, 5.74) is 0.784. The lowest BCUT2D eigenvalue weighted by Gasteiger charge is -2.18. The van der Waals surface area contributed by atoms with Crippen molar-refractivity contribution in [2.75, 3.05) is 22.3 Å². The lowest BCUT2D eigenvalue weighted by atomic mass is 10.2. The van der Waals surface area contributed by atoms with E-state index in [1.807, 2.05) is 0 Å².